The zero-order valence-electron chi connectivity index (χ0n) is 11.9. The Kier molecular flexibility index (Phi) is 3.76. The molecule has 0 amide bonds. The number of fused-ring (bicyclic) bond motifs is 1. The summed E-state index contributed by atoms with van der Waals surface area (Å²) in [5.41, 5.74) is 2.75. The summed E-state index contributed by atoms with van der Waals surface area (Å²) in [4.78, 5) is 0. The second-order valence-electron chi connectivity index (χ2n) is 6.00. The van der Waals surface area contributed by atoms with Gasteiger partial charge in [0.25, 0.3) is 0 Å². The first-order valence-corrected chi connectivity index (χ1v) is 7.96. The Balaban J connectivity index is 1.99. The maximum atomic E-state index is 10.6. The third-order valence-corrected chi connectivity index (χ3v) is 5.13. The average Bonchev–Trinajstić information content (AvgIpc) is 2.76. The van der Waals surface area contributed by atoms with Gasteiger partial charge in [0.15, 0.2) is 0 Å². The van der Waals surface area contributed by atoms with E-state index in [1.165, 1.54) is 0 Å². The second-order valence-corrected chi connectivity index (χ2v) is 7.27. The lowest BCUT2D eigenvalue weighted by molar-refractivity contribution is 0.220. The first kappa shape index (κ1) is 14.9. The molecule has 1 N–H and O–H groups in total. The summed E-state index contributed by atoms with van der Waals surface area (Å²) < 4.78 is 6.50. The van der Waals surface area contributed by atoms with Crippen LogP contribution in [0.3, 0.4) is 0 Å². The summed E-state index contributed by atoms with van der Waals surface area (Å²) in [6.45, 7) is 4.96. The predicted octanol–water partition coefficient (Wildman–Crippen LogP) is 4.85. The molecule has 2 aromatic carbocycles. The van der Waals surface area contributed by atoms with Crippen molar-refractivity contribution in [2.75, 3.05) is 6.61 Å². The number of benzene rings is 2. The molecule has 0 fully saturated rings. The highest BCUT2D eigenvalue weighted by atomic mass is 79.9. The van der Waals surface area contributed by atoms with E-state index >= 15 is 0 Å². The molecule has 0 bridgehead atoms. The number of halogens is 2. The maximum absolute atomic E-state index is 10.6. The summed E-state index contributed by atoms with van der Waals surface area (Å²) in [5.74, 6) is 0.907. The van der Waals surface area contributed by atoms with Crippen LogP contribution in [0.2, 0.25) is 5.02 Å². The molecule has 4 heteroatoms. The van der Waals surface area contributed by atoms with E-state index in [2.05, 4.69) is 29.8 Å². The highest BCUT2D eigenvalue weighted by Crippen LogP contribution is 2.40. The van der Waals surface area contributed by atoms with Crippen molar-refractivity contribution in [3.05, 3.63) is 62.6 Å². The van der Waals surface area contributed by atoms with E-state index in [9.17, 15) is 5.11 Å². The molecule has 2 aromatic rings. The van der Waals surface area contributed by atoms with Gasteiger partial charge in [0.1, 0.15) is 11.9 Å². The lowest BCUT2D eigenvalue weighted by Gasteiger charge is -2.18. The minimum atomic E-state index is -0.697. The van der Waals surface area contributed by atoms with E-state index in [1.807, 2.05) is 30.3 Å². The third-order valence-electron chi connectivity index (χ3n) is 3.90. The molecule has 1 heterocycles. The van der Waals surface area contributed by atoms with Crippen LogP contribution in [0.15, 0.2) is 40.9 Å². The van der Waals surface area contributed by atoms with Gasteiger partial charge in [-0.05, 0) is 51.3 Å². The Hall–Kier alpha value is -1.03. The molecule has 0 saturated carbocycles. The molecule has 1 unspecified atom stereocenters. The van der Waals surface area contributed by atoms with Crippen molar-refractivity contribution in [2.45, 2.75) is 25.4 Å². The number of hydrogen-bond donors (Lipinski definition) is 1. The second kappa shape index (κ2) is 5.31. The molecule has 3 rings (SSSR count). The number of aliphatic hydroxyl groups is 1. The van der Waals surface area contributed by atoms with Crippen LogP contribution in [0, 0.1) is 0 Å². The molecule has 1 aliphatic heterocycles. The van der Waals surface area contributed by atoms with Crippen molar-refractivity contribution >= 4 is 27.5 Å². The van der Waals surface area contributed by atoms with Crippen LogP contribution >= 0.6 is 27.5 Å². The standard InChI is InChI=1S/C17H16BrClO2/c1-17(2)9-21-15-6-4-10(7-12(15)17)16(20)11-3-5-13(18)14(19)8-11/h3-8,16,20H,9H2,1-2H3. The fraction of sp³-hybridized carbons (Fsp3) is 0.294. The molecule has 0 radical (unpaired) electrons. The van der Waals surface area contributed by atoms with Crippen LogP contribution < -0.4 is 4.74 Å². The van der Waals surface area contributed by atoms with Gasteiger partial charge in [-0.2, -0.15) is 0 Å². The number of rotatable bonds is 2. The zero-order valence-corrected chi connectivity index (χ0v) is 14.2. The summed E-state index contributed by atoms with van der Waals surface area (Å²) in [6, 6.07) is 11.4. The number of aliphatic hydroxyl groups excluding tert-OH is 1. The van der Waals surface area contributed by atoms with Crippen LogP contribution in [0.25, 0.3) is 0 Å². The van der Waals surface area contributed by atoms with Gasteiger partial charge in [0.05, 0.1) is 11.6 Å². The molecule has 1 aliphatic rings. The average molecular weight is 368 g/mol. The van der Waals surface area contributed by atoms with E-state index in [1.54, 1.807) is 6.07 Å². The van der Waals surface area contributed by atoms with Crippen LogP contribution in [-0.2, 0) is 5.41 Å². The van der Waals surface area contributed by atoms with E-state index in [-0.39, 0.29) is 5.41 Å². The molecule has 1 atom stereocenters. The van der Waals surface area contributed by atoms with Crippen molar-refractivity contribution in [1.82, 2.24) is 0 Å². The molecular formula is C17H16BrClO2. The van der Waals surface area contributed by atoms with E-state index in [4.69, 9.17) is 16.3 Å². The fourth-order valence-corrected chi connectivity index (χ4v) is 3.02. The molecule has 0 aromatic heterocycles. The summed E-state index contributed by atoms with van der Waals surface area (Å²) in [5, 5.41) is 11.2. The van der Waals surface area contributed by atoms with E-state index in [0.29, 0.717) is 11.6 Å². The molecule has 0 aliphatic carbocycles. The van der Waals surface area contributed by atoms with Gasteiger partial charge >= 0.3 is 0 Å². The van der Waals surface area contributed by atoms with Crippen LogP contribution in [0.1, 0.15) is 36.6 Å². The minimum Gasteiger partial charge on any atom is -0.492 e. The molecular weight excluding hydrogens is 352 g/mol. The summed E-state index contributed by atoms with van der Waals surface area (Å²) in [6.07, 6.45) is -0.697. The topological polar surface area (TPSA) is 29.5 Å². The highest BCUT2D eigenvalue weighted by Gasteiger charge is 2.32. The smallest absolute Gasteiger partial charge is 0.123 e. The zero-order chi connectivity index (χ0) is 15.2. The largest absolute Gasteiger partial charge is 0.492 e. The monoisotopic (exact) mass is 366 g/mol. The third kappa shape index (κ3) is 2.70. The number of hydrogen-bond acceptors (Lipinski definition) is 2. The first-order chi connectivity index (χ1) is 9.88. The Morgan fingerprint density at radius 2 is 1.86 bits per heavy atom. The van der Waals surface area contributed by atoms with Gasteiger partial charge in [-0.1, -0.05) is 37.6 Å². The van der Waals surface area contributed by atoms with Gasteiger partial charge in [0, 0.05) is 15.5 Å². The first-order valence-electron chi connectivity index (χ1n) is 6.79. The van der Waals surface area contributed by atoms with Gasteiger partial charge in [-0.15, -0.1) is 0 Å². The van der Waals surface area contributed by atoms with Crippen molar-refractivity contribution < 1.29 is 9.84 Å². The molecule has 0 saturated heterocycles. The SMILES string of the molecule is CC1(C)COc2ccc(C(O)c3ccc(Br)c(Cl)c3)cc21. The lowest BCUT2D eigenvalue weighted by atomic mass is 9.85. The summed E-state index contributed by atoms with van der Waals surface area (Å²) in [7, 11) is 0. The maximum Gasteiger partial charge on any atom is 0.123 e. The Morgan fingerprint density at radius 1 is 1.19 bits per heavy atom. The fourth-order valence-electron chi connectivity index (χ4n) is 2.58. The van der Waals surface area contributed by atoms with Crippen LogP contribution in [0.5, 0.6) is 5.75 Å². The van der Waals surface area contributed by atoms with Crippen molar-refractivity contribution in [2.24, 2.45) is 0 Å². The molecule has 21 heavy (non-hydrogen) atoms. The van der Waals surface area contributed by atoms with E-state index < -0.39 is 6.10 Å². The van der Waals surface area contributed by atoms with Gasteiger partial charge in [-0.25, -0.2) is 0 Å². The highest BCUT2D eigenvalue weighted by molar-refractivity contribution is 9.10. The number of ether oxygens (including phenoxy) is 1. The van der Waals surface area contributed by atoms with Gasteiger partial charge < -0.3 is 9.84 Å². The van der Waals surface area contributed by atoms with Crippen LogP contribution in [-0.4, -0.2) is 11.7 Å². The Labute approximate surface area is 137 Å². The van der Waals surface area contributed by atoms with Gasteiger partial charge in [0.2, 0.25) is 0 Å². The van der Waals surface area contributed by atoms with Gasteiger partial charge in [-0.3, -0.25) is 0 Å². The van der Waals surface area contributed by atoms with Crippen molar-refractivity contribution in [3.63, 3.8) is 0 Å². The molecule has 110 valence electrons. The normalized spacial score (nSPS) is 17.2. The minimum absolute atomic E-state index is 0.0254. The Bertz CT molecular complexity index is 697. The molecule has 2 nitrogen and oxygen atoms in total. The van der Waals surface area contributed by atoms with Crippen molar-refractivity contribution in [1.29, 1.82) is 0 Å². The quantitative estimate of drug-likeness (QED) is 0.822. The molecule has 0 spiro atoms. The van der Waals surface area contributed by atoms with Crippen molar-refractivity contribution in [3.8, 4) is 5.75 Å². The predicted molar refractivity (Wildman–Crippen MR) is 88.2 cm³/mol. The van der Waals surface area contributed by atoms with Crippen LogP contribution in [0.4, 0.5) is 0 Å². The Morgan fingerprint density at radius 3 is 2.57 bits per heavy atom. The summed E-state index contributed by atoms with van der Waals surface area (Å²) >= 11 is 9.47. The lowest BCUT2D eigenvalue weighted by Crippen LogP contribution is -2.18. The van der Waals surface area contributed by atoms with E-state index in [0.717, 1.165) is 26.9 Å².